The van der Waals surface area contributed by atoms with Gasteiger partial charge in [-0.25, -0.2) is 0 Å². The molecule has 3 nitrogen and oxygen atoms in total. The lowest BCUT2D eigenvalue weighted by atomic mass is 10.3. The Morgan fingerprint density at radius 3 is 2.91 bits per heavy atom. The van der Waals surface area contributed by atoms with Crippen molar-refractivity contribution >= 4 is 5.69 Å². The molecule has 0 unspecified atom stereocenters. The van der Waals surface area contributed by atoms with Gasteiger partial charge in [0, 0.05) is 12.7 Å². The van der Waals surface area contributed by atoms with Crippen molar-refractivity contribution < 1.29 is 4.39 Å². The molecule has 0 bridgehead atoms. The van der Waals surface area contributed by atoms with Crippen molar-refractivity contribution in [1.29, 1.82) is 0 Å². The number of halogens is 1. The van der Waals surface area contributed by atoms with Gasteiger partial charge < -0.3 is 5.73 Å². The summed E-state index contributed by atoms with van der Waals surface area (Å²) < 4.78 is 13.4. The molecule has 0 aliphatic rings. The summed E-state index contributed by atoms with van der Waals surface area (Å²) in [6.45, 7) is 0.498. The van der Waals surface area contributed by atoms with E-state index in [4.69, 9.17) is 5.73 Å². The largest absolute Gasteiger partial charge is 0.396 e. The molecule has 0 spiro atoms. The van der Waals surface area contributed by atoms with Crippen LogP contribution in [-0.2, 0) is 6.54 Å². The smallest absolute Gasteiger partial charge is 0.0895 e. The highest BCUT2D eigenvalue weighted by atomic mass is 19.1. The van der Waals surface area contributed by atoms with Crippen molar-refractivity contribution in [2.45, 2.75) is 19.4 Å². The van der Waals surface area contributed by atoms with Crippen molar-refractivity contribution in [2.24, 2.45) is 0 Å². The number of alkyl halides is 1. The van der Waals surface area contributed by atoms with Crippen LogP contribution in [0, 0.1) is 0 Å². The summed E-state index contributed by atoms with van der Waals surface area (Å²) in [5.41, 5.74) is 6.08. The van der Waals surface area contributed by atoms with Crippen molar-refractivity contribution in [3.63, 3.8) is 0 Å². The van der Waals surface area contributed by atoms with Crippen LogP contribution in [0.3, 0.4) is 0 Å². The molecule has 0 aliphatic carbocycles. The Morgan fingerprint density at radius 2 is 2.36 bits per heavy atom. The van der Waals surface area contributed by atoms with Crippen LogP contribution >= 0.6 is 0 Å². The highest BCUT2D eigenvalue weighted by Crippen LogP contribution is 2.00. The molecule has 0 amide bonds. The number of nitrogens with zero attached hydrogens (tertiary/aromatic N) is 2. The number of aromatic nitrogens is 2. The molecule has 0 aromatic carbocycles. The third kappa shape index (κ3) is 2.57. The summed E-state index contributed by atoms with van der Waals surface area (Å²) in [6.07, 6.45) is 4.76. The minimum absolute atomic E-state index is 0.253. The fourth-order valence-electron chi connectivity index (χ4n) is 0.870. The van der Waals surface area contributed by atoms with Gasteiger partial charge in [0.15, 0.2) is 0 Å². The number of anilines is 1. The van der Waals surface area contributed by atoms with Crippen LogP contribution in [0.2, 0.25) is 0 Å². The molecule has 11 heavy (non-hydrogen) atoms. The molecule has 0 fully saturated rings. The van der Waals surface area contributed by atoms with Crippen molar-refractivity contribution in [3.8, 4) is 0 Å². The summed E-state index contributed by atoms with van der Waals surface area (Å²) in [6, 6.07) is 0. The molecule has 1 aromatic rings. The lowest BCUT2D eigenvalue weighted by molar-refractivity contribution is 0.440. The molecule has 0 radical (unpaired) electrons. The quantitative estimate of drug-likeness (QED) is 0.668. The summed E-state index contributed by atoms with van der Waals surface area (Å²) in [7, 11) is 0. The van der Waals surface area contributed by atoms with Crippen LogP contribution in [0.15, 0.2) is 12.4 Å². The van der Waals surface area contributed by atoms with Gasteiger partial charge in [0.2, 0.25) is 0 Å². The van der Waals surface area contributed by atoms with Crippen LogP contribution in [-0.4, -0.2) is 16.5 Å². The third-order valence-corrected chi connectivity index (χ3v) is 1.42. The molecule has 1 rings (SSSR count). The third-order valence-electron chi connectivity index (χ3n) is 1.42. The van der Waals surface area contributed by atoms with E-state index in [2.05, 4.69) is 5.10 Å². The van der Waals surface area contributed by atoms with Gasteiger partial charge in [-0.05, 0) is 12.8 Å². The molecule has 62 valence electrons. The fraction of sp³-hybridized carbons (Fsp3) is 0.571. The number of nitrogen functional groups attached to an aromatic ring is 1. The van der Waals surface area contributed by atoms with Gasteiger partial charge >= 0.3 is 0 Å². The fourth-order valence-corrected chi connectivity index (χ4v) is 0.870. The van der Waals surface area contributed by atoms with E-state index in [-0.39, 0.29) is 6.67 Å². The molecule has 2 N–H and O–H groups in total. The molecule has 0 atom stereocenters. The first-order valence-electron chi connectivity index (χ1n) is 3.67. The van der Waals surface area contributed by atoms with Gasteiger partial charge in [0.25, 0.3) is 0 Å². The highest BCUT2D eigenvalue weighted by molar-refractivity contribution is 5.30. The van der Waals surface area contributed by atoms with Crippen molar-refractivity contribution in [1.82, 2.24) is 9.78 Å². The maximum absolute atomic E-state index is 11.6. The van der Waals surface area contributed by atoms with Crippen LogP contribution in [0.5, 0.6) is 0 Å². The van der Waals surface area contributed by atoms with E-state index >= 15 is 0 Å². The number of unbranched alkanes of at least 4 members (excludes halogenated alkanes) is 1. The predicted octanol–water partition coefficient (Wildman–Crippen LogP) is 1.22. The van der Waals surface area contributed by atoms with Crippen LogP contribution in [0.1, 0.15) is 12.8 Å². The predicted molar refractivity (Wildman–Crippen MR) is 41.8 cm³/mol. The summed E-state index contributed by atoms with van der Waals surface area (Å²) in [5, 5.41) is 3.96. The van der Waals surface area contributed by atoms with E-state index in [1.807, 2.05) is 0 Å². The molecule has 1 aromatic heterocycles. The van der Waals surface area contributed by atoms with Gasteiger partial charge in [-0.15, -0.1) is 0 Å². The Morgan fingerprint density at radius 1 is 1.55 bits per heavy atom. The molecule has 0 saturated heterocycles. The molecule has 1 heterocycles. The maximum Gasteiger partial charge on any atom is 0.0895 e. The minimum atomic E-state index is -0.253. The first-order chi connectivity index (χ1) is 5.33. The molecule has 0 aliphatic heterocycles. The van der Waals surface area contributed by atoms with E-state index < -0.39 is 0 Å². The lowest BCUT2D eigenvalue weighted by Crippen LogP contribution is -1.98. The first kappa shape index (κ1) is 8.04. The van der Waals surface area contributed by atoms with Gasteiger partial charge in [-0.2, -0.15) is 5.10 Å². The topological polar surface area (TPSA) is 43.8 Å². The molecular formula is C7H12FN3. The van der Waals surface area contributed by atoms with E-state index in [9.17, 15) is 4.39 Å². The zero-order chi connectivity index (χ0) is 8.10. The summed E-state index contributed by atoms with van der Waals surface area (Å²) in [4.78, 5) is 0. The second-order valence-electron chi connectivity index (χ2n) is 2.43. The van der Waals surface area contributed by atoms with E-state index in [1.54, 1.807) is 17.1 Å². The highest BCUT2D eigenvalue weighted by Gasteiger charge is 1.93. The van der Waals surface area contributed by atoms with Crippen LogP contribution < -0.4 is 5.73 Å². The molecular weight excluding hydrogens is 145 g/mol. The number of hydrogen-bond donors (Lipinski definition) is 1. The Bertz CT molecular complexity index is 209. The van der Waals surface area contributed by atoms with Crippen LogP contribution in [0.4, 0.5) is 10.1 Å². The average Bonchev–Trinajstić information content (AvgIpc) is 2.37. The Hall–Kier alpha value is -1.06. The van der Waals surface area contributed by atoms with Crippen molar-refractivity contribution in [3.05, 3.63) is 12.4 Å². The maximum atomic E-state index is 11.6. The SMILES string of the molecule is Nc1cnn(CCCCF)c1. The Kier molecular flexibility index (Phi) is 2.89. The standard InChI is InChI=1S/C7H12FN3/c8-3-1-2-4-11-6-7(9)5-10-11/h5-6H,1-4,9H2. The molecule has 4 heteroatoms. The van der Waals surface area contributed by atoms with E-state index in [1.165, 1.54) is 0 Å². The second kappa shape index (κ2) is 3.95. The average molecular weight is 157 g/mol. The first-order valence-corrected chi connectivity index (χ1v) is 3.67. The van der Waals surface area contributed by atoms with Gasteiger partial charge in [0.1, 0.15) is 0 Å². The summed E-state index contributed by atoms with van der Waals surface area (Å²) in [5.74, 6) is 0. The Balaban J connectivity index is 2.27. The Labute approximate surface area is 65.0 Å². The zero-order valence-corrected chi connectivity index (χ0v) is 6.33. The normalized spacial score (nSPS) is 10.3. The van der Waals surface area contributed by atoms with E-state index in [0.717, 1.165) is 13.0 Å². The number of aryl methyl sites for hydroxylation is 1. The van der Waals surface area contributed by atoms with Crippen LogP contribution in [0.25, 0.3) is 0 Å². The van der Waals surface area contributed by atoms with Gasteiger partial charge in [-0.3, -0.25) is 9.07 Å². The lowest BCUT2D eigenvalue weighted by Gasteiger charge is -1.97. The molecule has 0 saturated carbocycles. The van der Waals surface area contributed by atoms with Gasteiger partial charge in [0.05, 0.1) is 18.6 Å². The number of hydrogen-bond acceptors (Lipinski definition) is 2. The number of rotatable bonds is 4. The van der Waals surface area contributed by atoms with Gasteiger partial charge in [-0.1, -0.05) is 0 Å². The second-order valence-corrected chi connectivity index (χ2v) is 2.43. The summed E-state index contributed by atoms with van der Waals surface area (Å²) >= 11 is 0. The number of nitrogens with two attached hydrogens (primary N) is 1. The van der Waals surface area contributed by atoms with E-state index in [0.29, 0.717) is 12.1 Å². The zero-order valence-electron chi connectivity index (χ0n) is 6.33. The minimum Gasteiger partial charge on any atom is -0.396 e. The monoisotopic (exact) mass is 157 g/mol. The van der Waals surface area contributed by atoms with Crippen molar-refractivity contribution in [2.75, 3.05) is 12.4 Å².